The van der Waals surface area contributed by atoms with Crippen LogP contribution in [-0.2, 0) is 11.8 Å². The summed E-state index contributed by atoms with van der Waals surface area (Å²) in [5.74, 6) is 1.92. The summed E-state index contributed by atoms with van der Waals surface area (Å²) in [4.78, 5) is 18.4. The molecule has 2 bridgehead atoms. The number of carbonyl (C=O) groups is 1. The number of thioether (sulfide) groups is 1. The van der Waals surface area contributed by atoms with Gasteiger partial charge in [-0.25, -0.2) is 13.8 Å². The van der Waals surface area contributed by atoms with Crippen molar-refractivity contribution in [2.75, 3.05) is 0 Å². The van der Waals surface area contributed by atoms with Crippen molar-refractivity contribution in [2.24, 2.45) is 29.3 Å². The van der Waals surface area contributed by atoms with E-state index in [4.69, 9.17) is 4.99 Å². The molecule has 3 fully saturated rings. The van der Waals surface area contributed by atoms with Gasteiger partial charge >= 0.3 is 0 Å². The monoisotopic (exact) mass is 485 g/mol. The van der Waals surface area contributed by atoms with Crippen molar-refractivity contribution in [3.8, 4) is 0 Å². The van der Waals surface area contributed by atoms with Crippen LogP contribution in [0.25, 0.3) is 0 Å². The summed E-state index contributed by atoms with van der Waals surface area (Å²) in [6, 6.07) is 8.08. The highest BCUT2D eigenvalue weighted by atomic mass is 32.2. The summed E-state index contributed by atoms with van der Waals surface area (Å²) < 4.78 is 29.2. The van der Waals surface area contributed by atoms with Crippen molar-refractivity contribution in [2.45, 2.75) is 77.1 Å². The number of rotatable bonds is 5. The Morgan fingerprint density at radius 1 is 1.18 bits per heavy atom. The second kappa shape index (κ2) is 9.56. The molecule has 4 nitrogen and oxygen atoms in total. The number of hydrogen-bond donors (Lipinski definition) is 0. The predicted octanol–water partition coefficient (Wildman–Crippen LogP) is 7.57. The number of aryl methyl sites for hydroxylation is 1. The fourth-order valence-corrected chi connectivity index (χ4v) is 7.39. The lowest BCUT2D eigenvalue weighted by molar-refractivity contribution is -0.120. The minimum atomic E-state index is -2.73. The van der Waals surface area contributed by atoms with Crippen molar-refractivity contribution >= 4 is 27.6 Å². The van der Waals surface area contributed by atoms with Gasteiger partial charge < -0.3 is 0 Å². The summed E-state index contributed by atoms with van der Waals surface area (Å²) in [6.07, 6.45) is 8.72. The molecule has 7 heteroatoms. The first-order valence-corrected chi connectivity index (χ1v) is 13.4. The average molecular weight is 486 g/mol. The van der Waals surface area contributed by atoms with E-state index in [2.05, 4.69) is 11.2 Å². The molecule has 34 heavy (non-hydrogen) atoms. The first kappa shape index (κ1) is 23.7. The molecule has 1 unspecified atom stereocenters. The minimum Gasteiger partial charge on any atom is -0.286 e. The first-order chi connectivity index (χ1) is 16.3. The molecule has 0 N–H and O–H groups in total. The number of hydrogen-bond acceptors (Lipinski definition) is 4. The number of alkyl halides is 2. The highest BCUT2D eigenvalue weighted by Gasteiger charge is 2.41. The van der Waals surface area contributed by atoms with Crippen LogP contribution < -0.4 is 0 Å². The van der Waals surface area contributed by atoms with Crippen LogP contribution in [-0.4, -0.2) is 19.9 Å². The second-order valence-electron chi connectivity index (χ2n) is 10.7. The minimum absolute atomic E-state index is 0.0208. The van der Waals surface area contributed by atoms with E-state index in [1.54, 1.807) is 13.2 Å². The van der Waals surface area contributed by atoms with Gasteiger partial charge in [-0.05, 0) is 73.2 Å². The summed E-state index contributed by atoms with van der Waals surface area (Å²) >= 11 is 1.03. The topological polar surface area (TPSA) is 47.2 Å². The second-order valence-corrected chi connectivity index (χ2v) is 11.6. The molecule has 3 atom stereocenters. The molecular formula is C27H33F2N3OS. The highest BCUT2D eigenvalue weighted by molar-refractivity contribution is 8.26. The van der Waals surface area contributed by atoms with E-state index in [0.717, 1.165) is 55.5 Å². The lowest BCUT2D eigenvalue weighted by Crippen LogP contribution is -2.29. The van der Waals surface area contributed by atoms with Crippen LogP contribution in [0.15, 0.2) is 35.5 Å². The van der Waals surface area contributed by atoms with Gasteiger partial charge in [-0.15, -0.1) is 0 Å². The molecule has 1 aromatic carbocycles. The van der Waals surface area contributed by atoms with Crippen molar-refractivity contribution in [3.63, 3.8) is 0 Å². The summed E-state index contributed by atoms with van der Waals surface area (Å²) in [5, 5.41) is 4.37. The van der Waals surface area contributed by atoms with Crippen molar-refractivity contribution in [1.82, 2.24) is 9.78 Å². The molecule has 0 saturated heterocycles. The maximum absolute atomic E-state index is 13.9. The van der Waals surface area contributed by atoms with Gasteiger partial charge in [-0.2, -0.15) is 5.10 Å². The molecule has 3 saturated carbocycles. The molecule has 0 spiro atoms. The fraction of sp³-hybridized carbons (Fsp3) is 0.593. The Kier molecular flexibility index (Phi) is 6.66. The van der Waals surface area contributed by atoms with Crippen LogP contribution in [0.5, 0.6) is 0 Å². The van der Waals surface area contributed by atoms with Crippen LogP contribution in [0.1, 0.15) is 93.9 Å². The lowest BCUT2D eigenvalue weighted by atomic mass is 9.77. The van der Waals surface area contributed by atoms with Crippen molar-refractivity contribution in [3.05, 3.63) is 47.3 Å². The largest absolute Gasteiger partial charge is 0.286 e. The van der Waals surface area contributed by atoms with Gasteiger partial charge in [0.1, 0.15) is 10.7 Å². The molecule has 5 rings (SSSR count). The van der Waals surface area contributed by atoms with E-state index in [-0.39, 0.29) is 16.4 Å². The molecule has 2 aromatic rings. The third-order valence-corrected chi connectivity index (χ3v) is 9.41. The van der Waals surface area contributed by atoms with Gasteiger partial charge in [-0.1, -0.05) is 50.8 Å². The standard InChI is InChI=1S/C27H33F2N3OS/c1-27(12-6-3-7-13-27)26(33)34-25(21-16-32(2)31-23(21)24(28)29)30-22-9-5-4-8-19(22)20-15-17-10-11-18(20)14-17/h4-5,8-9,16-18,20,24H,3,6-7,10-15H2,1-2H3/t17-,18+,20?/m1/s1. The van der Waals surface area contributed by atoms with Crippen molar-refractivity contribution < 1.29 is 13.6 Å². The van der Waals surface area contributed by atoms with E-state index in [0.29, 0.717) is 16.9 Å². The summed E-state index contributed by atoms with van der Waals surface area (Å²) in [5.41, 5.74) is 1.49. The number of aromatic nitrogens is 2. The molecule has 1 aromatic heterocycles. The molecule has 0 aliphatic heterocycles. The van der Waals surface area contributed by atoms with E-state index in [9.17, 15) is 13.6 Å². The number of para-hydroxylation sites is 1. The van der Waals surface area contributed by atoms with Crippen LogP contribution in [0.3, 0.4) is 0 Å². The molecule has 1 heterocycles. The van der Waals surface area contributed by atoms with Crippen LogP contribution >= 0.6 is 11.8 Å². The van der Waals surface area contributed by atoms with Gasteiger partial charge in [0.25, 0.3) is 6.43 Å². The Morgan fingerprint density at radius 2 is 1.94 bits per heavy atom. The van der Waals surface area contributed by atoms with Gasteiger partial charge in [-0.3, -0.25) is 9.48 Å². The zero-order chi connectivity index (χ0) is 23.9. The van der Waals surface area contributed by atoms with Gasteiger partial charge in [0.15, 0.2) is 0 Å². The number of nitrogens with zero attached hydrogens (tertiary/aromatic N) is 3. The number of halogens is 2. The van der Waals surface area contributed by atoms with E-state index < -0.39 is 11.8 Å². The third kappa shape index (κ3) is 4.60. The highest BCUT2D eigenvalue weighted by Crippen LogP contribution is 2.54. The molecule has 182 valence electrons. The van der Waals surface area contributed by atoms with Gasteiger partial charge in [0.05, 0.1) is 11.3 Å². The smallest absolute Gasteiger partial charge is 0.282 e. The fourth-order valence-electron chi connectivity index (χ4n) is 6.35. The van der Waals surface area contributed by atoms with E-state index >= 15 is 0 Å². The Balaban J connectivity index is 1.55. The van der Waals surface area contributed by atoms with Crippen LogP contribution in [0.4, 0.5) is 14.5 Å². The zero-order valence-corrected chi connectivity index (χ0v) is 20.8. The Labute approximate surface area is 204 Å². The van der Waals surface area contributed by atoms with Crippen LogP contribution in [0, 0.1) is 17.3 Å². The predicted molar refractivity (Wildman–Crippen MR) is 133 cm³/mol. The number of aliphatic imine (C=N–C) groups is 1. The summed E-state index contributed by atoms with van der Waals surface area (Å²) in [6.45, 7) is 2.01. The number of fused-ring (bicyclic) bond motifs is 2. The van der Waals surface area contributed by atoms with Gasteiger partial charge in [0.2, 0.25) is 5.12 Å². The Hall–Kier alpha value is -2.02. The Morgan fingerprint density at radius 3 is 2.62 bits per heavy atom. The van der Waals surface area contributed by atoms with E-state index in [1.807, 2.05) is 25.1 Å². The quantitative estimate of drug-likeness (QED) is 0.324. The number of carbonyl (C=O) groups excluding carboxylic acids is 1. The van der Waals surface area contributed by atoms with Crippen molar-refractivity contribution in [1.29, 1.82) is 0 Å². The van der Waals surface area contributed by atoms with Gasteiger partial charge in [0, 0.05) is 18.7 Å². The normalized spacial score (nSPS) is 26.4. The number of benzene rings is 1. The maximum Gasteiger partial charge on any atom is 0.282 e. The van der Waals surface area contributed by atoms with E-state index in [1.165, 1.54) is 35.9 Å². The zero-order valence-electron chi connectivity index (χ0n) is 20.0. The average Bonchev–Trinajstić information content (AvgIpc) is 3.55. The first-order valence-electron chi connectivity index (χ1n) is 12.6. The molecular weight excluding hydrogens is 452 g/mol. The maximum atomic E-state index is 13.9. The molecule has 0 radical (unpaired) electrons. The van der Waals surface area contributed by atoms with Crippen LogP contribution in [0.2, 0.25) is 0 Å². The Bertz CT molecular complexity index is 1090. The summed E-state index contributed by atoms with van der Waals surface area (Å²) in [7, 11) is 1.63. The molecule has 3 aliphatic carbocycles. The molecule has 0 amide bonds. The SMILES string of the molecule is Cn1cc(C(=Nc2ccccc2C2C[C@@H]3CC[C@H]2C3)SC(=O)C2(C)CCCCC2)c(C(F)F)n1. The molecule has 3 aliphatic rings. The third-order valence-electron chi connectivity index (χ3n) is 8.23. The lowest BCUT2D eigenvalue weighted by Gasteiger charge is -2.31.